The van der Waals surface area contributed by atoms with Crippen molar-refractivity contribution in [2.24, 2.45) is 0 Å². The summed E-state index contributed by atoms with van der Waals surface area (Å²) in [5, 5.41) is 6.69. The van der Waals surface area contributed by atoms with Crippen LogP contribution in [0.5, 0.6) is 0 Å². The number of carbonyl (C=O) groups excluding carboxylic acids is 1. The smallest absolute Gasteiger partial charge is 0.222 e. The van der Waals surface area contributed by atoms with Crippen LogP contribution in [0.2, 0.25) is 0 Å². The van der Waals surface area contributed by atoms with Gasteiger partial charge in [0.2, 0.25) is 11.9 Å². The van der Waals surface area contributed by atoms with Crippen LogP contribution in [0.3, 0.4) is 0 Å². The van der Waals surface area contributed by atoms with Gasteiger partial charge in [-0.3, -0.25) is 4.79 Å². The molecule has 6 nitrogen and oxygen atoms in total. The molecule has 0 bridgehead atoms. The maximum atomic E-state index is 13.3. The van der Waals surface area contributed by atoms with Crippen LogP contribution >= 0.6 is 0 Å². The van der Waals surface area contributed by atoms with Crippen molar-refractivity contribution in [2.45, 2.75) is 12.8 Å². The molecule has 3 aromatic rings. The predicted octanol–water partition coefficient (Wildman–Crippen LogP) is 2.26. The van der Waals surface area contributed by atoms with Crippen molar-refractivity contribution < 1.29 is 9.18 Å². The topological polar surface area (TPSA) is 82.7 Å². The lowest BCUT2D eigenvalue weighted by Crippen LogP contribution is -2.27. The summed E-state index contributed by atoms with van der Waals surface area (Å²) in [5.41, 5.74) is 1.88. The lowest BCUT2D eigenvalue weighted by molar-refractivity contribution is -0.120. The first kappa shape index (κ1) is 15.9. The number of amides is 1. The predicted molar refractivity (Wildman–Crippen MR) is 90.1 cm³/mol. The molecule has 3 rings (SSSR count). The second-order valence-corrected chi connectivity index (χ2v) is 5.35. The van der Waals surface area contributed by atoms with Crippen molar-refractivity contribution in [3.8, 4) is 0 Å². The summed E-state index contributed by atoms with van der Waals surface area (Å²) >= 11 is 0. The zero-order valence-electron chi connectivity index (χ0n) is 13.1. The molecule has 0 aliphatic rings. The van der Waals surface area contributed by atoms with Crippen LogP contribution in [0, 0.1) is 5.82 Å². The molecule has 0 saturated heterocycles. The van der Waals surface area contributed by atoms with Gasteiger partial charge < -0.3 is 15.6 Å². The summed E-state index contributed by atoms with van der Waals surface area (Å²) in [6, 6.07) is 6.37. The van der Waals surface area contributed by atoms with E-state index in [2.05, 4.69) is 25.6 Å². The Morgan fingerprint density at radius 1 is 1.21 bits per heavy atom. The number of H-pyrrole nitrogens is 1. The van der Waals surface area contributed by atoms with Gasteiger partial charge in [0.15, 0.2) is 0 Å². The van der Waals surface area contributed by atoms with E-state index < -0.39 is 0 Å². The summed E-state index contributed by atoms with van der Waals surface area (Å²) < 4.78 is 13.3. The third-order valence-corrected chi connectivity index (χ3v) is 3.65. The summed E-state index contributed by atoms with van der Waals surface area (Å²) in [6.07, 6.45) is 6.11. The molecule has 0 aliphatic carbocycles. The Balaban J connectivity index is 1.42. The molecule has 0 atom stereocenters. The largest absolute Gasteiger partial charge is 0.361 e. The molecule has 0 saturated carbocycles. The number of aromatic nitrogens is 3. The number of hydrogen-bond acceptors (Lipinski definition) is 4. The van der Waals surface area contributed by atoms with Crippen LogP contribution in [0.15, 0.2) is 42.9 Å². The van der Waals surface area contributed by atoms with Crippen LogP contribution < -0.4 is 10.6 Å². The van der Waals surface area contributed by atoms with E-state index in [-0.39, 0.29) is 11.7 Å². The maximum Gasteiger partial charge on any atom is 0.222 e. The van der Waals surface area contributed by atoms with Gasteiger partial charge in [0.1, 0.15) is 5.82 Å². The summed E-state index contributed by atoms with van der Waals surface area (Å²) in [5.74, 6) is 0.192. The van der Waals surface area contributed by atoms with E-state index in [0.717, 1.165) is 16.5 Å². The zero-order chi connectivity index (χ0) is 16.8. The van der Waals surface area contributed by atoms with Crippen molar-refractivity contribution in [1.82, 2.24) is 20.3 Å². The molecule has 7 heteroatoms. The first-order valence-electron chi connectivity index (χ1n) is 7.75. The Morgan fingerprint density at radius 3 is 2.88 bits per heavy atom. The minimum Gasteiger partial charge on any atom is -0.361 e. The van der Waals surface area contributed by atoms with Gasteiger partial charge >= 0.3 is 0 Å². The number of halogens is 1. The van der Waals surface area contributed by atoms with Gasteiger partial charge in [0.05, 0.1) is 0 Å². The number of carbonyl (C=O) groups is 1. The fourth-order valence-electron chi connectivity index (χ4n) is 2.46. The van der Waals surface area contributed by atoms with E-state index in [1.807, 2.05) is 6.20 Å². The molecule has 24 heavy (non-hydrogen) atoms. The molecule has 0 spiro atoms. The van der Waals surface area contributed by atoms with Gasteiger partial charge in [-0.2, -0.15) is 0 Å². The highest BCUT2D eigenvalue weighted by Gasteiger charge is 2.06. The Labute approximate surface area is 138 Å². The monoisotopic (exact) mass is 327 g/mol. The number of anilines is 1. The number of nitrogens with zero attached hydrogens (tertiary/aromatic N) is 2. The van der Waals surface area contributed by atoms with E-state index in [4.69, 9.17) is 0 Å². The molecule has 0 unspecified atom stereocenters. The molecule has 1 amide bonds. The molecule has 124 valence electrons. The van der Waals surface area contributed by atoms with Gasteiger partial charge in [-0.25, -0.2) is 14.4 Å². The van der Waals surface area contributed by atoms with E-state index >= 15 is 0 Å². The van der Waals surface area contributed by atoms with E-state index in [1.54, 1.807) is 24.5 Å². The van der Waals surface area contributed by atoms with Crippen molar-refractivity contribution in [2.75, 3.05) is 18.4 Å². The summed E-state index contributed by atoms with van der Waals surface area (Å²) in [7, 11) is 0. The molecule has 0 radical (unpaired) electrons. The fourth-order valence-corrected chi connectivity index (χ4v) is 2.46. The lowest BCUT2D eigenvalue weighted by Gasteiger charge is -2.06. The first-order chi connectivity index (χ1) is 11.7. The molecule has 0 fully saturated rings. The molecular weight excluding hydrogens is 309 g/mol. The highest BCUT2D eigenvalue weighted by atomic mass is 19.1. The van der Waals surface area contributed by atoms with Crippen molar-refractivity contribution in [1.29, 1.82) is 0 Å². The third-order valence-electron chi connectivity index (χ3n) is 3.65. The zero-order valence-corrected chi connectivity index (χ0v) is 13.1. The Kier molecular flexibility index (Phi) is 5.00. The number of nitrogens with one attached hydrogen (secondary N) is 3. The van der Waals surface area contributed by atoms with Crippen LogP contribution in [0.1, 0.15) is 12.0 Å². The first-order valence-corrected chi connectivity index (χ1v) is 7.75. The highest BCUT2D eigenvalue weighted by Crippen LogP contribution is 2.19. The van der Waals surface area contributed by atoms with Crippen molar-refractivity contribution in [3.63, 3.8) is 0 Å². The number of hydrogen-bond donors (Lipinski definition) is 3. The number of fused-ring (bicyclic) bond motifs is 1. The summed E-state index contributed by atoms with van der Waals surface area (Å²) in [4.78, 5) is 23.0. The second kappa shape index (κ2) is 7.54. The Bertz CT molecular complexity index is 818. The summed E-state index contributed by atoms with van der Waals surface area (Å²) in [6.45, 7) is 0.971. The van der Waals surface area contributed by atoms with Gasteiger partial charge in [0, 0.05) is 49.0 Å². The lowest BCUT2D eigenvalue weighted by atomic mass is 10.1. The SMILES string of the molecule is O=C(CCNc1ncccn1)NCCc1c[nH]c2ccc(F)cc12. The van der Waals surface area contributed by atoms with Crippen LogP contribution in [0.4, 0.5) is 10.3 Å². The maximum absolute atomic E-state index is 13.3. The fraction of sp³-hybridized carbons (Fsp3) is 0.235. The molecule has 3 N–H and O–H groups in total. The van der Waals surface area contributed by atoms with Crippen molar-refractivity contribution >= 4 is 22.8 Å². The van der Waals surface area contributed by atoms with E-state index in [1.165, 1.54) is 12.1 Å². The molecule has 2 heterocycles. The number of aromatic amines is 1. The van der Waals surface area contributed by atoms with Crippen LogP contribution in [-0.4, -0.2) is 33.9 Å². The number of benzene rings is 1. The quantitative estimate of drug-likeness (QED) is 0.621. The van der Waals surface area contributed by atoms with E-state index in [0.29, 0.717) is 31.9 Å². The average Bonchev–Trinajstić information content (AvgIpc) is 2.98. The van der Waals surface area contributed by atoms with Crippen molar-refractivity contribution in [3.05, 3.63) is 54.2 Å². The molecule has 0 aliphatic heterocycles. The molecule has 2 aromatic heterocycles. The Hall–Kier alpha value is -2.96. The van der Waals surface area contributed by atoms with Gasteiger partial charge in [0.25, 0.3) is 0 Å². The van der Waals surface area contributed by atoms with Crippen LogP contribution in [-0.2, 0) is 11.2 Å². The minimum absolute atomic E-state index is 0.0514. The Morgan fingerprint density at radius 2 is 2.04 bits per heavy atom. The molecule has 1 aromatic carbocycles. The van der Waals surface area contributed by atoms with Crippen LogP contribution in [0.25, 0.3) is 10.9 Å². The van der Waals surface area contributed by atoms with E-state index in [9.17, 15) is 9.18 Å². The number of rotatable bonds is 7. The van der Waals surface area contributed by atoms with Gasteiger partial charge in [-0.15, -0.1) is 0 Å². The van der Waals surface area contributed by atoms with Gasteiger partial charge in [-0.05, 0) is 36.2 Å². The minimum atomic E-state index is -0.262. The van der Waals surface area contributed by atoms with Gasteiger partial charge in [-0.1, -0.05) is 0 Å². The standard InChI is InChI=1S/C17H18FN5O/c18-13-2-3-15-14(10-13)12(11-23-15)4-8-19-16(24)5-9-22-17-20-6-1-7-21-17/h1-3,6-7,10-11,23H,4-5,8-9H2,(H,19,24)(H,20,21,22). The highest BCUT2D eigenvalue weighted by molar-refractivity contribution is 5.83. The second-order valence-electron chi connectivity index (χ2n) is 5.35. The normalized spacial score (nSPS) is 10.7. The average molecular weight is 327 g/mol. The molecular formula is C17H18FN5O. The third kappa shape index (κ3) is 4.07.